The van der Waals surface area contributed by atoms with E-state index in [1.807, 2.05) is 62.4 Å². The number of hydrogen-bond acceptors (Lipinski definition) is 24. The monoisotopic (exact) mass is 2180 g/mol. The first-order valence-electron chi connectivity index (χ1n) is 53.6. The molecule has 12 atom stereocenters. The lowest BCUT2D eigenvalue weighted by Gasteiger charge is -2.27. The number of nitrogens with zero attached hydrogens (tertiary/aromatic N) is 8. The molecule has 808 valence electrons. The average Bonchev–Trinajstić information content (AvgIpc) is 1.69. The Kier molecular flexibility index (Phi) is 52.5. The van der Waals surface area contributed by atoms with Crippen LogP contribution in [0.3, 0.4) is 0 Å². The van der Waals surface area contributed by atoms with Crippen molar-refractivity contribution in [1.29, 1.82) is 0 Å². The molecule has 5 amide bonds. The highest BCUT2D eigenvalue weighted by Gasteiger charge is 2.35. The molecule has 0 radical (unpaired) electrons. The van der Waals surface area contributed by atoms with Crippen molar-refractivity contribution in [2.24, 2.45) is 47.3 Å². The number of nitrogens with one attached hydrogen (secondary N) is 5. The molecule has 148 heavy (non-hydrogen) atoms. The van der Waals surface area contributed by atoms with Crippen LogP contribution in [0.1, 0.15) is 270 Å². The molecule has 8 heterocycles. The topological polar surface area (TPSA) is 330 Å². The third kappa shape index (κ3) is 40.8. The summed E-state index contributed by atoms with van der Waals surface area (Å²) in [5, 5.41) is 21.2. The van der Waals surface area contributed by atoms with E-state index in [1.165, 1.54) is 104 Å². The summed E-state index contributed by atoms with van der Waals surface area (Å²) in [7, 11) is 1.57. The number of fused-ring (bicyclic) bond motifs is 4. The highest BCUT2D eigenvalue weighted by molar-refractivity contribution is 7.19. The number of carbonyl (C=O) groups excluding carboxylic acids is 12. The molecule has 25 nitrogen and oxygen atoms in total. The Labute approximate surface area is 913 Å². The molecule has 33 heteroatoms. The van der Waals surface area contributed by atoms with Gasteiger partial charge in [-0.3, -0.25) is 72.3 Å². The summed E-state index contributed by atoms with van der Waals surface area (Å²) < 4.78 is 3.85. The summed E-state index contributed by atoms with van der Waals surface area (Å²) in [5.41, 5.74) is 5.95. The number of amides is 5. The fourth-order valence-corrected chi connectivity index (χ4v) is 24.4. The van der Waals surface area contributed by atoms with Gasteiger partial charge in [0.1, 0.15) is 17.3 Å². The molecule has 0 aliphatic carbocycles. The first kappa shape index (κ1) is 123. The number of hydrogen-bond donors (Lipinski definition) is 5. The number of aromatic nitrogens is 4. The Morgan fingerprint density at radius 1 is 0.345 bits per heavy atom. The van der Waals surface area contributed by atoms with Gasteiger partial charge in [-0.05, 0) is 239 Å². The number of halogens is 4. The van der Waals surface area contributed by atoms with Gasteiger partial charge in [0, 0.05) is 190 Å². The van der Waals surface area contributed by atoms with Crippen molar-refractivity contribution < 1.29 is 57.5 Å². The Bertz CT molecular complexity index is 5660. The molecule has 4 saturated heterocycles. The van der Waals surface area contributed by atoms with Gasteiger partial charge < -0.3 is 31.4 Å². The largest absolute Gasteiger partial charge is 0.359 e. The lowest BCUT2D eigenvalue weighted by Crippen LogP contribution is -2.44. The predicted octanol–water partition coefficient (Wildman–Crippen LogP) is 22.8. The molecule has 5 N–H and O–H groups in total. The highest BCUT2D eigenvalue weighted by atomic mass is 35.5. The van der Waals surface area contributed by atoms with Gasteiger partial charge >= 0.3 is 0 Å². The van der Waals surface area contributed by atoms with Crippen LogP contribution in [0, 0.1) is 47.3 Å². The standard InChI is InChI=1S/C30H42ClN3O3S.C29H40ClN3O3S.C28H39ClN4O3S.C28H38ClN3O3S/c1-5-9-24(35)16-22(17-29-32-26-11-10-23(31)18-28(26)38-29)30(37)33-25(20(3)6-2)12-13-27(36)21(4)19-34-14-7-8-15-34;1-5-19(3)24(11-12-26(35)20(4)18-33-13-7-8-14-33)32-29(36)21(15-23(34)6-2)16-28-31-25-10-9-22(30)17-27(25)37-28;1-5-18(2)22(10-11-24(34)19(3)17-33-12-6-7-13-33)32-28(36)20(14-26(35)30-4)15-27-31-23-9-8-21(29)16-25(23)37-27;1-5-18(2)23(10-11-25(34)19(3)17-32-12-6-7-13-32)31-28(35)21(14-20(4)33)15-27-30-24-9-8-22(29)16-26(24)36-27/h10-11,18,20,22,25H,4-9,12-17,19H2,1-3H3,(H,33,37);9-10,17,19,21,24H,4-8,11-16,18H2,1-3H3,(H,32,36);8-9,16,18,20,22H,3,5-7,10-15,17H2,1-2,4H3,(H,30,35)(H,32,36);8-9,16,18,21,23H,3,5-7,10-15,17H2,1-2,4H3,(H,31,35)/t20-,22-,25+;19-,21-,24+;18-,20-,22+;18-,21-,23+/m0000/s1. The van der Waals surface area contributed by atoms with Crippen LogP contribution in [0.2, 0.25) is 20.1 Å². The lowest BCUT2D eigenvalue weighted by molar-refractivity contribution is -0.131. The van der Waals surface area contributed by atoms with Crippen molar-refractivity contribution >= 4 is 203 Å². The van der Waals surface area contributed by atoms with Crippen LogP contribution < -0.4 is 26.6 Å². The van der Waals surface area contributed by atoms with E-state index in [1.54, 1.807) is 31.3 Å². The second-order valence-corrected chi connectivity index (χ2v) is 47.3. The number of Topliss-reactive ketones (excluding diaryl/α,β-unsaturated/α-hetero) is 7. The fraction of sp³-hybridized carbons (Fsp3) is 0.583. The summed E-state index contributed by atoms with van der Waals surface area (Å²) in [6, 6.07) is 21.6. The normalized spacial score (nSPS) is 16.4. The zero-order valence-corrected chi connectivity index (χ0v) is 95.5. The van der Waals surface area contributed by atoms with Gasteiger partial charge in [-0.15, -0.1) is 45.3 Å². The van der Waals surface area contributed by atoms with Crippen molar-refractivity contribution in [1.82, 2.24) is 66.1 Å². The van der Waals surface area contributed by atoms with Crippen molar-refractivity contribution in [3.05, 3.63) is 162 Å². The van der Waals surface area contributed by atoms with Crippen LogP contribution in [0.15, 0.2) is 121 Å². The molecule has 0 bridgehead atoms. The molecule has 0 spiro atoms. The molecule has 4 aliphatic rings. The van der Waals surface area contributed by atoms with E-state index < -0.39 is 23.7 Å². The van der Waals surface area contributed by atoms with Crippen molar-refractivity contribution in [2.75, 3.05) is 85.6 Å². The van der Waals surface area contributed by atoms with E-state index in [9.17, 15) is 57.5 Å². The molecule has 8 aromatic rings. The summed E-state index contributed by atoms with van der Waals surface area (Å²) >= 11 is 30.5. The maximum atomic E-state index is 13.6. The molecular weight excluding hydrogens is 2030 g/mol. The number of benzene rings is 4. The van der Waals surface area contributed by atoms with Gasteiger partial charge in [0.2, 0.25) is 29.5 Å². The Morgan fingerprint density at radius 2 is 0.581 bits per heavy atom. The Hall–Kier alpha value is -8.56. The summed E-state index contributed by atoms with van der Waals surface area (Å²) in [6.07, 6.45) is 20.3. The molecule has 0 unspecified atom stereocenters. The minimum Gasteiger partial charge on any atom is -0.359 e. The summed E-state index contributed by atoms with van der Waals surface area (Å²) in [6.45, 7) is 48.8. The first-order valence-corrected chi connectivity index (χ1v) is 58.4. The molecule has 4 aliphatic heterocycles. The number of likely N-dealkylation sites (tertiary alicyclic amines) is 4. The molecule has 4 aromatic carbocycles. The van der Waals surface area contributed by atoms with Crippen LogP contribution in [-0.4, -0.2) is 219 Å². The van der Waals surface area contributed by atoms with Crippen molar-refractivity contribution in [2.45, 2.75) is 299 Å². The van der Waals surface area contributed by atoms with Crippen LogP contribution in [0.4, 0.5) is 0 Å². The zero-order chi connectivity index (χ0) is 108. The third-order valence-electron chi connectivity index (χ3n) is 29.3. The van der Waals surface area contributed by atoms with Gasteiger partial charge in [-0.1, -0.05) is 168 Å². The average molecular weight is 2190 g/mol. The van der Waals surface area contributed by atoms with E-state index in [4.69, 9.17) is 51.4 Å². The molecule has 4 fully saturated rings. The number of rotatable bonds is 59. The van der Waals surface area contributed by atoms with Crippen LogP contribution >= 0.6 is 91.8 Å². The maximum Gasteiger partial charge on any atom is 0.224 e. The van der Waals surface area contributed by atoms with E-state index >= 15 is 0 Å². The minimum atomic E-state index is -0.566. The van der Waals surface area contributed by atoms with E-state index in [2.05, 4.69) is 143 Å². The zero-order valence-electron chi connectivity index (χ0n) is 89.2. The van der Waals surface area contributed by atoms with Gasteiger partial charge in [0.25, 0.3) is 0 Å². The third-order valence-corrected chi connectivity index (χ3v) is 34.4. The minimum absolute atomic E-state index is 0.0345. The summed E-state index contributed by atoms with van der Waals surface area (Å²) in [5.74, 6) is -1.73. The van der Waals surface area contributed by atoms with E-state index in [-0.39, 0.29) is 144 Å². The van der Waals surface area contributed by atoms with Gasteiger partial charge in [0.15, 0.2) is 23.1 Å². The van der Waals surface area contributed by atoms with Crippen LogP contribution in [-0.2, 0) is 83.2 Å². The van der Waals surface area contributed by atoms with E-state index in [0.717, 1.165) is 145 Å². The molecular formula is C115H159Cl4N13O12S4. The van der Waals surface area contributed by atoms with Gasteiger partial charge in [0.05, 0.1) is 84.6 Å². The van der Waals surface area contributed by atoms with Gasteiger partial charge in [-0.2, -0.15) is 0 Å². The molecule has 0 saturated carbocycles. The maximum absolute atomic E-state index is 13.6. The number of thiazole rings is 4. The molecule has 12 rings (SSSR count). The van der Waals surface area contributed by atoms with Crippen molar-refractivity contribution in [3.8, 4) is 0 Å². The Morgan fingerprint density at radius 3 is 0.804 bits per heavy atom. The summed E-state index contributed by atoms with van der Waals surface area (Å²) in [4.78, 5) is 182. The van der Waals surface area contributed by atoms with Gasteiger partial charge in [-0.25, -0.2) is 19.9 Å². The molecule has 4 aromatic heterocycles. The number of carbonyl (C=O) groups is 12. The quantitative estimate of drug-likeness (QED) is 0.0221. The predicted molar refractivity (Wildman–Crippen MR) is 607 cm³/mol. The SMILES string of the molecule is C=C(CN1CCCC1)C(=O)CC[C@@H](NC(=O)[C@@H](CC(=O)CC)Cc1nc2ccc(Cl)cc2s1)[C@@H](C)CC.C=C(CN1CCCC1)C(=O)CC[C@@H](NC(=O)[C@@H](CC(=O)CCC)Cc1nc2ccc(Cl)cc2s1)[C@@H](C)CC.C=C(CN1CCCC1)C(=O)CC[C@@H](NC(=O)[C@@H](CC(=O)NC)Cc1nc2ccc(Cl)cc2s1)[C@@H](C)CC.C=C(CN1CCCC1)C(=O)CC[C@@H](NC(=O)[C@@H](CC(C)=O)Cc1nc2ccc(Cl)cc2s1)[C@@H](C)CC. The van der Waals surface area contributed by atoms with Crippen LogP contribution in [0.5, 0.6) is 0 Å². The first-order chi connectivity index (χ1) is 70.7. The highest BCUT2D eigenvalue weighted by Crippen LogP contribution is 2.35. The van der Waals surface area contributed by atoms with Crippen LogP contribution in [0.25, 0.3) is 40.9 Å². The second-order valence-electron chi connectivity index (χ2n) is 41.1. The second kappa shape index (κ2) is 63.2. The Balaban J connectivity index is 0.000000219. The number of ketones is 7. The van der Waals surface area contributed by atoms with Crippen molar-refractivity contribution in [3.63, 3.8) is 0 Å². The fourth-order valence-electron chi connectivity index (χ4n) is 19.1. The smallest absolute Gasteiger partial charge is 0.224 e. The lowest BCUT2D eigenvalue weighted by atomic mass is 9.91. The van der Waals surface area contributed by atoms with E-state index in [0.29, 0.717) is 158 Å².